The Labute approximate surface area is 364 Å². The Kier molecular flexibility index (Phi) is 32.8. The SMILES string of the molecule is CCC/C=C\C/C=C\CCCCCCCC(=O)O[C@H](COC(=O)CCCCCCCCCCCCCCCCC)COP(=O)(O)O[C@H]1C(O)C(O)C(O)[C@@H](OP(=O)(O)O)C1O. The molecule has 1 aliphatic carbocycles. The minimum atomic E-state index is -5.36. The van der Waals surface area contributed by atoms with Crippen molar-refractivity contribution < 1.29 is 76.9 Å². The monoisotopic (exact) mass is 914 g/mol. The van der Waals surface area contributed by atoms with E-state index in [-0.39, 0.29) is 12.8 Å². The molecule has 61 heavy (non-hydrogen) atoms. The molecule has 0 aliphatic heterocycles. The molecule has 0 aromatic carbocycles. The van der Waals surface area contributed by atoms with Crippen molar-refractivity contribution in [1.82, 2.24) is 0 Å². The smallest absolute Gasteiger partial charge is 0.462 e. The van der Waals surface area contributed by atoms with Gasteiger partial charge in [-0.2, -0.15) is 0 Å². The van der Waals surface area contributed by atoms with Gasteiger partial charge in [0.15, 0.2) is 6.10 Å². The zero-order chi connectivity index (χ0) is 45.4. The molecule has 1 rings (SSSR count). The van der Waals surface area contributed by atoms with Gasteiger partial charge in [-0.3, -0.25) is 23.2 Å². The molecule has 0 bridgehead atoms. The average molecular weight is 915 g/mol. The second kappa shape index (κ2) is 34.8. The van der Waals surface area contributed by atoms with E-state index in [0.717, 1.165) is 77.0 Å². The van der Waals surface area contributed by atoms with Crippen molar-refractivity contribution in [2.75, 3.05) is 13.2 Å². The van der Waals surface area contributed by atoms with Crippen LogP contribution >= 0.6 is 15.6 Å². The molecule has 0 heterocycles. The lowest BCUT2D eigenvalue weighted by atomic mass is 9.85. The van der Waals surface area contributed by atoms with Gasteiger partial charge in [0.05, 0.1) is 6.61 Å². The predicted octanol–water partition coefficient (Wildman–Crippen LogP) is 8.17. The number of unbranched alkanes of at least 4 members (excludes halogenated alkanes) is 20. The lowest BCUT2D eigenvalue weighted by Crippen LogP contribution is -2.64. The van der Waals surface area contributed by atoms with Gasteiger partial charge in [0, 0.05) is 12.8 Å². The molecule has 16 nitrogen and oxygen atoms in total. The first-order valence-corrected chi connectivity index (χ1v) is 25.9. The molecule has 7 N–H and O–H groups in total. The standard InChI is InChI=1S/C43H80O16P2/c1-3-5-7-9-11-13-15-17-18-20-21-23-25-27-29-31-36(44)55-33-35(57-37(45)32-30-28-26-24-22-19-16-14-12-10-8-6-4-2)34-56-61(53,54)59-43-40(48)38(46)39(47)42(41(43)49)58-60(50,51)52/h8,10,14,16,35,38-43,46-49H,3-7,9,11-13,15,17-34H2,1-2H3,(H,53,54)(H2,50,51,52)/b10-8-,16-14-/t35-,38?,39?,40?,41?,42-,43+/m1/s1. The number of hydrogen-bond acceptors (Lipinski definition) is 13. The van der Waals surface area contributed by atoms with Crippen LogP contribution in [0, 0.1) is 0 Å². The Morgan fingerprint density at radius 3 is 1.49 bits per heavy atom. The lowest BCUT2D eigenvalue weighted by molar-refractivity contribution is -0.216. The van der Waals surface area contributed by atoms with Gasteiger partial charge in [-0.05, 0) is 38.5 Å². The first kappa shape index (κ1) is 57.5. The first-order valence-electron chi connectivity index (χ1n) is 22.9. The third-order valence-electron chi connectivity index (χ3n) is 10.5. The highest BCUT2D eigenvalue weighted by Crippen LogP contribution is 2.49. The number of allylic oxidation sites excluding steroid dienone is 4. The molecule has 0 radical (unpaired) electrons. The lowest BCUT2D eigenvalue weighted by Gasteiger charge is -2.43. The molecule has 0 saturated heterocycles. The summed E-state index contributed by atoms with van der Waals surface area (Å²) in [6, 6.07) is 0. The zero-order valence-electron chi connectivity index (χ0n) is 36.8. The van der Waals surface area contributed by atoms with Crippen molar-refractivity contribution in [3.05, 3.63) is 24.3 Å². The number of carbonyl (C=O) groups is 2. The summed E-state index contributed by atoms with van der Waals surface area (Å²) in [6.07, 6.45) is 20.0. The third-order valence-corrected chi connectivity index (χ3v) is 12.0. The molecule has 0 amide bonds. The van der Waals surface area contributed by atoms with Gasteiger partial charge < -0.3 is 44.6 Å². The van der Waals surface area contributed by atoms with Gasteiger partial charge in [0.25, 0.3) is 0 Å². The maximum Gasteiger partial charge on any atom is 0.472 e. The van der Waals surface area contributed by atoms with Crippen LogP contribution < -0.4 is 0 Å². The molecule has 1 aliphatic rings. The molecule has 0 aromatic rings. The molecule has 18 heteroatoms. The van der Waals surface area contributed by atoms with E-state index >= 15 is 0 Å². The molecule has 358 valence electrons. The molecule has 5 unspecified atom stereocenters. The number of aliphatic hydroxyl groups is 4. The van der Waals surface area contributed by atoms with Crippen LogP contribution in [0.5, 0.6) is 0 Å². The molecular weight excluding hydrogens is 834 g/mol. The van der Waals surface area contributed by atoms with Gasteiger partial charge in [-0.25, -0.2) is 9.13 Å². The van der Waals surface area contributed by atoms with Gasteiger partial charge >= 0.3 is 27.6 Å². The van der Waals surface area contributed by atoms with E-state index in [1.54, 1.807) is 0 Å². The number of hydrogen-bond donors (Lipinski definition) is 7. The van der Waals surface area contributed by atoms with Crippen LogP contribution in [-0.4, -0.2) is 103 Å². The maximum absolute atomic E-state index is 13.0. The fourth-order valence-corrected chi connectivity index (χ4v) is 8.49. The van der Waals surface area contributed by atoms with Crippen LogP contribution in [0.1, 0.15) is 181 Å². The summed E-state index contributed by atoms with van der Waals surface area (Å²) in [6.45, 7) is 3.03. The number of ether oxygens (including phenoxy) is 2. The molecule has 1 fully saturated rings. The summed E-state index contributed by atoms with van der Waals surface area (Å²) in [4.78, 5) is 54.2. The van der Waals surface area contributed by atoms with Crippen LogP contribution in [-0.2, 0) is 41.8 Å². The number of esters is 2. The van der Waals surface area contributed by atoms with E-state index in [4.69, 9.17) is 28.3 Å². The summed E-state index contributed by atoms with van der Waals surface area (Å²) < 4.78 is 49.3. The van der Waals surface area contributed by atoms with Gasteiger partial charge in [-0.1, -0.05) is 154 Å². The summed E-state index contributed by atoms with van der Waals surface area (Å²) >= 11 is 0. The topological polar surface area (TPSA) is 256 Å². The Balaban J connectivity index is 2.61. The Morgan fingerprint density at radius 2 is 0.984 bits per heavy atom. The summed E-state index contributed by atoms with van der Waals surface area (Å²) in [5, 5.41) is 41.2. The fourth-order valence-electron chi connectivity index (χ4n) is 6.95. The number of rotatable bonds is 38. The van der Waals surface area contributed by atoms with E-state index < -0.39 is 83.5 Å². The second-order valence-electron chi connectivity index (χ2n) is 16.1. The normalized spacial score (nSPS) is 22.4. The summed E-state index contributed by atoms with van der Waals surface area (Å²) in [7, 11) is -10.7. The van der Waals surface area contributed by atoms with Crippen LogP contribution in [0.2, 0.25) is 0 Å². The van der Waals surface area contributed by atoms with Crippen molar-refractivity contribution in [2.24, 2.45) is 0 Å². The highest BCUT2D eigenvalue weighted by molar-refractivity contribution is 7.47. The number of phosphoric ester groups is 2. The Morgan fingerprint density at radius 1 is 0.525 bits per heavy atom. The molecule has 1 saturated carbocycles. The molecule has 0 spiro atoms. The van der Waals surface area contributed by atoms with Crippen molar-refractivity contribution in [1.29, 1.82) is 0 Å². The van der Waals surface area contributed by atoms with Crippen LogP contribution in [0.3, 0.4) is 0 Å². The number of phosphoric acid groups is 2. The van der Waals surface area contributed by atoms with E-state index in [1.165, 1.54) is 64.2 Å². The minimum absolute atomic E-state index is 0.0302. The highest BCUT2D eigenvalue weighted by Gasteiger charge is 2.54. The number of carbonyl (C=O) groups excluding carboxylic acids is 2. The number of aliphatic hydroxyl groups excluding tert-OH is 4. The quantitative estimate of drug-likeness (QED) is 0.0133. The van der Waals surface area contributed by atoms with E-state index in [1.807, 2.05) is 0 Å². The van der Waals surface area contributed by atoms with Crippen molar-refractivity contribution in [3.8, 4) is 0 Å². The van der Waals surface area contributed by atoms with Gasteiger partial charge in [0.1, 0.15) is 43.2 Å². The van der Waals surface area contributed by atoms with Gasteiger partial charge in [-0.15, -0.1) is 0 Å². The van der Waals surface area contributed by atoms with Crippen LogP contribution in [0.15, 0.2) is 24.3 Å². The van der Waals surface area contributed by atoms with E-state index in [0.29, 0.717) is 12.8 Å². The predicted molar refractivity (Wildman–Crippen MR) is 232 cm³/mol. The third kappa shape index (κ3) is 29.5. The highest BCUT2D eigenvalue weighted by atomic mass is 31.2. The Hall–Kier alpha value is -1.52. The van der Waals surface area contributed by atoms with Crippen LogP contribution in [0.4, 0.5) is 0 Å². The average Bonchev–Trinajstić information content (AvgIpc) is 3.21. The summed E-state index contributed by atoms with van der Waals surface area (Å²) in [5.74, 6) is -1.22. The maximum atomic E-state index is 13.0. The van der Waals surface area contributed by atoms with Gasteiger partial charge in [0.2, 0.25) is 0 Å². The van der Waals surface area contributed by atoms with Crippen molar-refractivity contribution in [3.63, 3.8) is 0 Å². The second-order valence-corrected chi connectivity index (χ2v) is 18.7. The first-order chi connectivity index (χ1) is 29.1. The van der Waals surface area contributed by atoms with Crippen molar-refractivity contribution >= 4 is 27.6 Å². The van der Waals surface area contributed by atoms with Crippen molar-refractivity contribution in [2.45, 2.75) is 224 Å². The summed E-state index contributed by atoms with van der Waals surface area (Å²) in [5.41, 5.74) is 0. The largest absolute Gasteiger partial charge is 0.472 e. The fraction of sp³-hybridized carbons (Fsp3) is 0.860. The molecular formula is C43H80O16P2. The minimum Gasteiger partial charge on any atom is -0.462 e. The zero-order valence-corrected chi connectivity index (χ0v) is 38.6. The van der Waals surface area contributed by atoms with E-state index in [2.05, 4.69) is 42.7 Å². The molecule has 0 aromatic heterocycles. The molecule has 8 atom stereocenters. The van der Waals surface area contributed by atoms with Crippen LogP contribution in [0.25, 0.3) is 0 Å². The van der Waals surface area contributed by atoms with E-state index in [9.17, 15) is 44.0 Å². The Bertz CT molecular complexity index is 1290.